The Hall–Kier alpha value is -2.37. The zero-order valence-corrected chi connectivity index (χ0v) is 13.0. The van der Waals surface area contributed by atoms with Gasteiger partial charge in [0.2, 0.25) is 0 Å². The molecular weight excluding hydrogens is 268 g/mol. The molecule has 0 N–H and O–H groups in total. The van der Waals surface area contributed by atoms with Gasteiger partial charge in [-0.15, -0.1) is 5.10 Å². The Kier molecular flexibility index (Phi) is 3.97. The van der Waals surface area contributed by atoms with Gasteiger partial charge in [-0.05, 0) is 39.8 Å². The van der Waals surface area contributed by atoms with Gasteiger partial charge in [0.15, 0.2) is 11.6 Å². The van der Waals surface area contributed by atoms with Crippen LogP contribution < -0.4 is 4.90 Å². The van der Waals surface area contributed by atoms with E-state index >= 15 is 0 Å². The molecule has 6 nitrogen and oxygen atoms in total. The molecule has 0 spiro atoms. The van der Waals surface area contributed by atoms with Gasteiger partial charge in [0, 0.05) is 25.0 Å². The highest BCUT2D eigenvalue weighted by atomic mass is 16.6. The molecule has 0 bridgehead atoms. The summed E-state index contributed by atoms with van der Waals surface area (Å²) in [5, 5.41) is 4.35. The van der Waals surface area contributed by atoms with Gasteiger partial charge in [0.05, 0.1) is 0 Å². The zero-order valence-electron chi connectivity index (χ0n) is 13.0. The normalized spacial score (nSPS) is 11.3. The average molecular weight is 288 g/mol. The van der Waals surface area contributed by atoms with Gasteiger partial charge in [0.1, 0.15) is 5.60 Å². The van der Waals surface area contributed by atoms with Crippen LogP contribution >= 0.6 is 0 Å². The van der Waals surface area contributed by atoms with Crippen LogP contribution in [-0.2, 0) is 4.74 Å². The maximum atomic E-state index is 12.0. The minimum absolute atomic E-state index is 0.440. The standard InChI is InChI=1S/C15H20N4O2/c1-11-7-6-8-12(16-11)19-10-9-13(17-19)18(5)14(20)21-15(2,3)4/h6-10H,1-5H3. The number of amides is 1. The van der Waals surface area contributed by atoms with Crippen LogP contribution in [0, 0.1) is 6.92 Å². The molecule has 0 aromatic carbocycles. The van der Waals surface area contributed by atoms with Crippen molar-refractivity contribution < 1.29 is 9.53 Å². The highest BCUT2D eigenvalue weighted by molar-refractivity contribution is 5.85. The monoisotopic (exact) mass is 288 g/mol. The fourth-order valence-electron chi connectivity index (χ4n) is 1.70. The Labute approximate surface area is 124 Å². The van der Waals surface area contributed by atoms with Crippen molar-refractivity contribution in [1.29, 1.82) is 0 Å². The molecule has 0 atom stereocenters. The topological polar surface area (TPSA) is 60.2 Å². The molecule has 2 aromatic rings. The van der Waals surface area contributed by atoms with Gasteiger partial charge >= 0.3 is 6.09 Å². The molecule has 0 saturated heterocycles. The third-order valence-electron chi connectivity index (χ3n) is 2.69. The first-order chi connectivity index (χ1) is 9.76. The first-order valence-electron chi connectivity index (χ1n) is 6.73. The van der Waals surface area contributed by atoms with Crippen LogP contribution in [0.4, 0.5) is 10.6 Å². The van der Waals surface area contributed by atoms with E-state index in [2.05, 4.69) is 10.1 Å². The molecule has 0 fully saturated rings. The number of anilines is 1. The number of aryl methyl sites for hydroxylation is 1. The summed E-state index contributed by atoms with van der Waals surface area (Å²) in [7, 11) is 1.63. The number of carbonyl (C=O) groups is 1. The van der Waals surface area contributed by atoms with Crippen LogP contribution in [0.15, 0.2) is 30.5 Å². The van der Waals surface area contributed by atoms with Crippen LogP contribution in [0.25, 0.3) is 5.82 Å². The second-order valence-corrected chi connectivity index (χ2v) is 5.80. The van der Waals surface area contributed by atoms with Crippen molar-refractivity contribution in [1.82, 2.24) is 14.8 Å². The van der Waals surface area contributed by atoms with Crippen LogP contribution in [0.2, 0.25) is 0 Å². The van der Waals surface area contributed by atoms with Crippen molar-refractivity contribution >= 4 is 11.9 Å². The Morgan fingerprint density at radius 3 is 2.62 bits per heavy atom. The zero-order chi connectivity index (χ0) is 15.6. The van der Waals surface area contributed by atoms with E-state index in [0.717, 1.165) is 5.69 Å². The maximum Gasteiger partial charge on any atom is 0.415 e. The molecule has 0 aliphatic carbocycles. The lowest BCUT2D eigenvalue weighted by Crippen LogP contribution is -2.34. The highest BCUT2D eigenvalue weighted by Gasteiger charge is 2.22. The summed E-state index contributed by atoms with van der Waals surface area (Å²) < 4.78 is 6.94. The molecule has 2 rings (SSSR count). The summed E-state index contributed by atoms with van der Waals surface area (Å²) in [6, 6.07) is 7.43. The lowest BCUT2D eigenvalue weighted by Gasteiger charge is -2.23. The summed E-state index contributed by atoms with van der Waals surface area (Å²) >= 11 is 0. The highest BCUT2D eigenvalue weighted by Crippen LogP contribution is 2.16. The van der Waals surface area contributed by atoms with Gasteiger partial charge in [-0.25, -0.2) is 14.5 Å². The van der Waals surface area contributed by atoms with E-state index in [1.807, 2.05) is 45.9 Å². The van der Waals surface area contributed by atoms with E-state index in [-0.39, 0.29) is 0 Å². The van der Waals surface area contributed by atoms with Crippen molar-refractivity contribution in [2.75, 3.05) is 11.9 Å². The first-order valence-corrected chi connectivity index (χ1v) is 6.73. The number of hydrogen-bond acceptors (Lipinski definition) is 4. The minimum atomic E-state index is -0.536. The Balaban J connectivity index is 2.18. The van der Waals surface area contributed by atoms with Crippen molar-refractivity contribution in [3.05, 3.63) is 36.2 Å². The van der Waals surface area contributed by atoms with Gasteiger partial charge in [-0.3, -0.25) is 4.90 Å². The van der Waals surface area contributed by atoms with E-state index in [9.17, 15) is 4.79 Å². The molecule has 21 heavy (non-hydrogen) atoms. The van der Waals surface area contributed by atoms with Crippen molar-refractivity contribution in [3.8, 4) is 5.82 Å². The molecule has 6 heteroatoms. The lowest BCUT2D eigenvalue weighted by atomic mass is 10.2. The summed E-state index contributed by atoms with van der Waals surface area (Å²) in [6.45, 7) is 7.40. The van der Waals surface area contributed by atoms with E-state index < -0.39 is 11.7 Å². The number of carbonyl (C=O) groups excluding carboxylic acids is 1. The van der Waals surface area contributed by atoms with Crippen LogP contribution in [-0.4, -0.2) is 33.5 Å². The molecule has 0 unspecified atom stereocenters. The van der Waals surface area contributed by atoms with Gasteiger partial charge in [-0.2, -0.15) is 0 Å². The van der Waals surface area contributed by atoms with Crippen LogP contribution in [0.1, 0.15) is 26.5 Å². The molecule has 0 radical (unpaired) electrons. The number of rotatable bonds is 2. The molecule has 0 aliphatic rings. The number of pyridine rings is 1. The molecular formula is C15H20N4O2. The van der Waals surface area contributed by atoms with Gasteiger partial charge in [-0.1, -0.05) is 6.07 Å². The fourth-order valence-corrected chi connectivity index (χ4v) is 1.70. The Morgan fingerprint density at radius 1 is 1.29 bits per heavy atom. The van der Waals surface area contributed by atoms with Crippen molar-refractivity contribution in [2.24, 2.45) is 0 Å². The molecule has 0 saturated carbocycles. The summed E-state index contributed by atoms with van der Waals surface area (Å²) in [4.78, 5) is 17.8. The van der Waals surface area contributed by atoms with E-state index in [0.29, 0.717) is 11.6 Å². The molecule has 0 aliphatic heterocycles. The fraction of sp³-hybridized carbons (Fsp3) is 0.400. The summed E-state index contributed by atoms with van der Waals surface area (Å²) in [5.74, 6) is 1.21. The number of nitrogens with zero attached hydrogens (tertiary/aromatic N) is 4. The van der Waals surface area contributed by atoms with Gasteiger partial charge in [0.25, 0.3) is 0 Å². The molecule has 1 amide bonds. The van der Waals surface area contributed by atoms with Crippen LogP contribution in [0.3, 0.4) is 0 Å². The van der Waals surface area contributed by atoms with E-state index in [1.54, 1.807) is 24.0 Å². The predicted octanol–water partition coefficient (Wildman–Crippen LogP) is 2.95. The largest absolute Gasteiger partial charge is 0.443 e. The quantitative estimate of drug-likeness (QED) is 0.852. The van der Waals surface area contributed by atoms with Gasteiger partial charge < -0.3 is 4.74 Å². The second-order valence-electron chi connectivity index (χ2n) is 5.80. The second kappa shape index (κ2) is 5.55. The number of ether oxygens (including phenoxy) is 1. The third-order valence-corrected chi connectivity index (χ3v) is 2.69. The Morgan fingerprint density at radius 2 is 2.00 bits per heavy atom. The van der Waals surface area contributed by atoms with E-state index in [1.165, 1.54) is 4.90 Å². The summed E-state index contributed by atoms with van der Waals surface area (Å²) in [5.41, 5.74) is 0.372. The predicted molar refractivity (Wildman–Crippen MR) is 80.7 cm³/mol. The van der Waals surface area contributed by atoms with E-state index in [4.69, 9.17) is 4.74 Å². The maximum absolute atomic E-state index is 12.0. The molecule has 2 aromatic heterocycles. The first kappa shape index (κ1) is 15.0. The van der Waals surface area contributed by atoms with Crippen molar-refractivity contribution in [2.45, 2.75) is 33.3 Å². The third kappa shape index (κ3) is 3.81. The number of aromatic nitrogens is 3. The number of hydrogen-bond donors (Lipinski definition) is 0. The lowest BCUT2D eigenvalue weighted by molar-refractivity contribution is 0.0588. The Bertz CT molecular complexity index is 643. The smallest absolute Gasteiger partial charge is 0.415 e. The molecule has 112 valence electrons. The average Bonchev–Trinajstić information content (AvgIpc) is 2.85. The minimum Gasteiger partial charge on any atom is -0.443 e. The van der Waals surface area contributed by atoms with Crippen LogP contribution in [0.5, 0.6) is 0 Å². The SMILES string of the molecule is Cc1cccc(-n2ccc(N(C)C(=O)OC(C)(C)C)n2)n1. The van der Waals surface area contributed by atoms with Crippen molar-refractivity contribution in [3.63, 3.8) is 0 Å². The summed E-state index contributed by atoms with van der Waals surface area (Å²) in [6.07, 6.45) is 1.32. The molecule has 2 heterocycles.